The number of nitrogens with zero attached hydrogens (tertiary/aromatic N) is 5. The molecule has 3 heterocycles. The van der Waals surface area contributed by atoms with Gasteiger partial charge in [-0.1, -0.05) is 26.2 Å². The number of hydrogen-bond acceptors (Lipinski definition) is 3. The highest BCUT2D eigenvalue weighted by Gasteiger charge is 2.34. The number of hydrogen-bond donors (Lipinski definition) is 0. The van der Waals surface area contributed by atoms with E-state index in [1.165, 1.54) is 67.7 Å². The molecule has 2 aromatic heterocycles. The van der Waals surface area contributed by atoms with E-state index >= 15 is 0 Å². The summed E-state index contributed by atoms with van der Waals surface area (Å²) in [6, 6.07) is 0.569. The third kappa shape index (κ3) is 1.95. The van der Waals surface area contributed by atoms with Crippen molar-refractivity contribution in [1.29, 1.82) is 0 Å². The first-order valence-electron chi connectivity index (χ1n) is 9.40. The molecule has 5 rings (SSSR count). The van der Waals surface area contributed by atoms with Crippen molar-refractivity contribution in [3.05, 3.63) is 17.1 Å². The van der Waals surface area contributed by atoms with E-state index in [0.717, 1.165) is 25.2 Å². The van der Waals surface area contributed by atoms with Crippen molar-refractivity contribution in [2.24, 2.45) is 0 Å². The van der Waals surface area contributed by atoms with Crippen molar-refractivity contribution in [2.75, 3.05) is 0 Å². The van der Waals surface area contributed by atoms with Gasteiger partial charge in [-0.05, 0) is 38.5 Å². The van der Waals surface area contributed by atoms with Crippen LogP contribution in [0.3, 0.4) is 0 Å². The Hall–Kier alpha value is -1.65. The molecule has 2 saturated carbocycles. The molecule has 0 aromatic carbocycles. The SMILES string of the molecule is CCc1nn(C2CCCC2)c2c1CCn1c-2nnc1C1CCC1. The summed E-state index contributed by atoms with van der Waals surface area (Å²) >= 11 is 0. The second-order valence-electron chi connectivity index (χ2n) is 7.42. The molecule has 0 unspecified atom stereocenters. The molecule has 0 bridgehead atoms. The topological polar surface area (TPSA) is 48.5 Å². The zero-order valence-corrected chi connectivity index (χ0v) is 14.0. The van der Waals surface area contributed by atoms with E-state index in [4.69, 9.17) is 5.10 Å². The van der Waals surface area contributed by atoms with Gasteiger partial charge in [0.1, 0.15) is 11.5 Å². The van der Waals surface area contributed by atoms with Crippen molar-refractivity contribution in [3.8, 4) is 11.5 Å². The summed E-state index contributed by atoms with van der Waals surface area (Å²) in [7, 11) is 0. The van der Waals surface area contributed by atoms with Gasteiger partial charge in [-0.2, -0.15) is 5.10 Å². The molecule has 23 heavy (non-hydrogen) atoms. The van der Waals surface area contributed by atoms with Gasteiger partial charge in [0.25, 0.3) is 0 Å². The van der Waals surface area contributed by atoms with Gasteiger partial charge in [-0.3, -0.25) is 4.68 Å². The van der Waals surface area contributed by atoms with Gasteiger partial charge in [0, 0.05) is 18.0 Å². The fraction of sp³-hybridized carbons (Fsp3) is 0.722. The zero-order valence-electron chi connectivity index (χ0n) is 14.0. The summed E-state index contributed by atoms with van der Waals surface area (Å²) in [5.41, 5.74) is 4.02. The third-order valence-electron chi connectivity index (χ3n) is 6.14. The first-order chi connectivity index (χ1) is 11.4. The minimum absolute atomic E-state index is 0.569. The van der Waals surface area contributed by atoms with E-state index in [9.17, 15) is 0 Å². The summed E-state index contributed by atoms with van der Waals surface area (Å²) in [5, 5.41) is 14.2. The molecule has 0 saturated heterocycles. The van der Waals surface area contributed by atoms with Crippen LogP contribution in [0.2, 0.25) is 0 Å². The molecule has 0 radical (unpaired) electrons. The molecular formula is C18H25N5. The Morgan fingerprint density at radius 1 is 1.04 bits per heavy atom. The zero-order chi connectivity index (χ0) is 15.4. The number of aryl methyl sites for hydroxylation is 1. The second kappa shape index (κ2) is 5.18. The highest BCUT2D eigenvalue weighted by Crippen LogP contribution is 2.41. The lowest BCUT2D eigenvalue weighted by Crippen LogP contribution is -2.20. The molecule has 0 amide bonds. The van der Waals surface area contributed by atoms with Crippen LogP contribution in [0.25, 0.3) is 11.5 Å². The van der Waals surface area contributed by atoms with Crippen LogP contribution in [0.15, 0.2) is 0 Å². The fourth-order valence-corrected chi connectivity index (χ4v) is 4.62. The maximum Gasteiger partial charge on any atom is 0.182 e. The van der Waals surface area contributed by atoms with Gasteiger partial charge >= 0.3 is 0 Å². The van der Waals surface area contributed by atoms with Gasteiger partial charge in [0.2, 0.25) is 0 Å². The Morgan fingerprint density at radius 3 is 2.57 bits per heavy atom. The molecule has 3 aliphatic rings. The molecule has 1 aliphatic heterocycles. The molecule has 5 nitrogen and oxygen atoms in total. The Morgan fingerprint density at radius 2 is 1.87 bits per heavy atom. The molecule has 0 spiro atoms. The monoisotopic (exact) mass is 311 g/mol. The van der Waals surface area contributed by atoms with E-state index in [1.807, 2.05) is 0 Å². The van der Waals surface area contributed by atoms with Crippen molar-refractivity contribution >= 4 is 0 Å². The molecule has 2 fully saturated rings. The molecule has 0 N–H and O–H groups in total. The normalized spacial score (nSPS) is 21.3. The molecule has 5 heteroatoms. The van der Waals surface area contributed by atoms with Crippen LogP contribution in [0.5, 0.6) is 0 Å². The largest absolute Gasteiger partial charge is 0.309 e. The van der Waals surface area contributed by atoms with Gasteiger partial charge in [-0.25, -0.2) is 0 Å². The minimum Gasteiger partial charge on any atom is -0.309 e. The van der Waals surface area contributed by atoms with Crippen LogP contribution < -0.4 is 0 Å². The molecule has 2 aromatic rings. The molecule has 0 atom stereocenters. The Balaban J connectivity index is 1.65. The standard InChI is InChI=1S/C18H25N5/c1-2-15-14-10-11-22-17(12-6-5-7-12)19-20-18(22)16(14)23(21-15)13-8-3-4-9-13/h12-13H,2-11H2,1H3. The lowest BCUT2D eigenvalue weighted by Gasteiger charge is -2.27. The lowest BCUT2D eigenvalue weighted by atomic mass is 9.84. The number of fused-ring (bicyclic) bond motifs is 3. The molecule has 2 aliphatic carbocycles. The van der Waals surface area contributed by atoms with E-state index in [-0.39, 0.29) is 0 Å². The summed E-state index contributed by atoms with van der Waals surface area (Å²) < 4.78 is 4.73. The third-order valence-corrected chi connectivity index (χ3v) is 6.14. The van der Waals surface area contributed by atoms with Gasteiger partial charge in [0.15, 0.2) is 5.82 Å². The Labute approximate surface area is 137 Å². The summed E-state index contributed by atoms with van der Waals surface area (Å²) in [6.45, 7) is 3.26. The molecule has 122 valence electrons. The predicted molar refractivity (Wildman–Crippen MR) is 88.4 cm³/mol. The highest BCUT2D eigenvalue weighted by atomic mass is 15.4. The number of aromatic nitrogens is 5. The lowest BCUT2D eigenvalue weighted by molar-refractivity contribution is 0.385. The second-order valence-corrected chi connectivity index (χ2v) is 7.42. The summed E-state index contributed by atoms with van der Waals surface area (Å²) in [4.78, 5) is 0. The summed E-state index contributed by atoms with van der Waals surface area (Å²) in [6.07, 6.45) is 11.2. The predicted octanol–water partition coefficient (Wildman–Crippen LogP) is 3.64. The van der Waals surface area contributed by atoms with Crippen LogP contribution in [0.4, 0.5) is 0 Å². The van der Waals surface area contributed by atoms with Gasteiger partial charge in [0.05, 0.1) is 11.7 Å². The van der Waals surface area contributed by atoms with E-state index < -0.39 is 0 Å². The van der Waals surface area contributed by atoms with Crippen LogP contribution >= 0.6 is 0 Å². The smallest absolute Gasteiger partial charge is 0.182 e. The maximum atomic E-state index is 5.02. The first-order valence-corrected chi connectivity index (χ1v) is 9.40. The Kier molecular flexibility index (Phi) is 3.10. The van der Waals surface area contributed by atoms with Crippen LogP contribution in [-0.2, 0) is 19.4 Å². The minimum atomic E-state index is 0.569. The van der Waals surface area contributed by atoms with E-state index in [2.05, 4.69) is 26.4 Å². The van der Waals surface area contributed by atoms with Crippen LogP contribution in [0, 0.1) is 0 Å². The van der Waals surface area contributed by atoms with Crippen molar-refractivity contribution in [1.82, 2.24) is 24.5 Å². The fourth-order valence-electron chi connectivity index (χ4n) is 4.62. The average molecular weight is 311 g/mol. The molecular weight excluding hydrogens is 286 g/mol. The quantitative estimate of drug-likeness (QED) is 0.869. The summed E-state index contributed by atoms with van der Waals surface area (Å²) in [5.74, 6) is 2.97. The van der Waals surface area contributed by atoms with Crippen molar-refractivity contribution < 1.29 is 0 Å². The van der Waals surface area contributed by atoms with E-state index in [0.29, 0.717) is 12.0 Å². The maximum absolute atomic E-state index is 5.02. The number of rotatable bonds is 3. The van der Waals surface area contributed by atoms with Crippen molar-refractivity contribution in [2.45, 2.75) is 83.2 Å². The van der Waals surface area contributed by atoms with Crippen LogP contribution in [0.1, 0.15) is 80.9 Å². The van der Waals surface area contributed by atoms with E-state index in [1.54, 1.807) is 0 Å². The Bertz CT molecular complexity index is 731. The van der Waals surface area contributed by atoms with Gasteiger partial charge < -0.3 is 4.57 Å². The van der Waals surface area contributed by atoms with Crippen LogP contribution in [-0.4, -0.2) is 24.5 Å². The van der Waals surface area contributed by atoms with Crippen molar-refractivity contribution in [3.63, 3.8) is 0 Å². The highest BCUT2D eigenvalue weighted by molar-refractivity contribution is 5.60. The first kappa shape index (κ1) is 13.8. The van der Waals surface area contributed by atoms with Gasteiger partial charge in [-0.15, -0.1) is 10.2 Å². The average Bonchev–Trinajstić information content (AvgIpc) is 3.22.